The van der Waals surface area contributed by atoms with Crippen LogP contribution in [0.2, 0.25) is 0 Å². The monoisotopic (exact) mass is 269 g/mol. The first-order valence-electron chi connectivity index (χ1n) is 6.01. The van der Waals surface area contributed by atoms with Crippen molar-refractivity contribution in [1.82, 2.24) is 0 Å². The van der Waals surface area contributed by atoms with E-state index < -0.39 is 9.28 Å². The van der Waals surface area contributed by atoms with Crippen molar-refractivity contribution in [3.05, 3.63) is 35.9 Å². The predicted octanol–water partition coefficient (Wildman–Crippen LogP) is 1.93. The summed E-state index contributed by atoms with van der Waals surface area (Å²) in [4.78, 5) is 0. The highest BCUT2D eigenvalue weighted by atomic mass is 28.3. The molecule has 1 radical (unpaired) electrons. The van der Waals surface area contributed by atoms with Crippen LogP contribution in [-0.4, -0.2) is 43.0 Å². The number of ether oxygens (including phenoxy) is 2. The number of methoxy groups -OCH3 is 2. The van der Waals surface area contributed by atoms with Gasteiger partial charge in [0.2, 0.25) is 0 Å². The molecule has 1 aromatic rings. The van der Waals surface area contributed by atoms with Gasteiger partial charge in [0.15, 0.2) is 6.29 Å². The minimum atomic E-state index is -1.32. The van der Waals surface area contributed by atoms with E-state index in [2.05, 4.69) is 12.1 Å². The van der Waals surface area contributed by atoms with E-state index in [1.807, 2.05) is 25.1 Å². The Morgan fingerprint density at radius 1 is 1.06 bits per heavy atom. The van der Waals surface area contributed by atoms with Gasteiger partial charge in [0, 0.05) is 26.9 Å². The molecule has 0 bridgehead atoms. The van der Waals surface area contributed by atoms with Gasteiger partial charge in [-0.15, -0.1) is 0 Å². The highest BCUT2D eigenvalue weighted by Crippen LogP contribution is 2.05. The summed E-state index contributed by atoms with van der Waals surface area (Å²) in [6.45, 7) is 3.03. The van der Waals surface area contributed by atoms with Crippen molar-refractivity contribution in [2.45, 2.75) is 19.3 Å². The summed E-state index contributed by atoms with van der Waals surface area (Å²) in [5.41, 5.74) is 1.23. The van der Waals surface area contributed by atoms with Gasteiger partial charge in [-0.3, -0.25) is 0 Å². The van der Waals surface area contributed by atoms with Crippen molar-refractivity contribution < 1.29 is 18.3 Å². The average Bonchev–Trinajstić information content (AvgIpc) is 2.41. The molecule has 0 saturated carbocycles. The van der Waals surface area contributed by atoms with Crippen molar-refractivity contribution in [3.63, 3.8) is 0 Å². The van der Waals surface area contributed by atoms with E-state index in [9.17, 15) is 0 Å². The second-order valence-corrected chi connectivity index (χ2v) is 5.35. The Kier molecular flexibility index (Phi) is 7.87. The van der Waals surface area contributed by atoms with Gasteiger partial charge in [0.1, 0.15) is 0 Å². The largest absolute Gasteiger partial charge is 0.393 e. The molecule has 0 spiro atoms. The third-order valence-electron chi connectivity index (χ3n) is 2.40. The van der Waals surface area contributed by atoms with Gasteiger partial charge in [0.25, 0.3) is 0 Å². The lowest BCUT2D eigenvalue weighted by Crippen LogP contribution is -2.31. The van der Waals surface area contributed by atoms with E-state index in [0.29, 0.717) is 13.2 Å². The minimum Gasteiger partial charge on any atom is -0.393 e. The highest BCUT2D eigenvalue weighted by molar-refractivity contribution is 6.43. The fourth-order valence-electron chi connectivity index (χ4n) is 1.46. The van der Waals surface area contributed by atoms with Crippen molar-refractivity contribution in [1.29, 1.82) is 0 Å². The first-order chi connectivity index (χ1) is 8.80. The molecule has 1 rings (SSSR count). The maximum atomic E-state index is 5.76. The van der Waals surface area contributed by atoms with Crippen molar-refractivity contribution in [2.24, 2.45) is 0 Å². The number of hydrogen-bond acceptors (Lipinski definition) is 4. The van der Waals surface area contributed by atoms with Gasteiger partial charge in [-0.25, -0.2) is 0 Å². The zero-order chi connectivity index (χ0) is 13.2. The zero-order valence-electron chi connectivity index (χ0n) is 11.2. The summed E-state index contributed by atoms with van der Waals surface area (Å²) in [7, 11) is 1.88. The first kappa shape index (κ1) is 15.3. The Morgan fingerprint density at radius 3 is 2.28 bits per heavy atom. The summed E-state index contributed by atoms with van der Waals surface area (Å²) in [6.07, 6.45) is -0.332. The van der Waals surface area contributed by atoms with E-state index in [0.717, 1.165) is 6.04 Å². The lowest BCUT2D eigenvalue weighted by atomic mass is 10.2. The van der Waals surface area contributed by atoms with Crippen LogP contribution in [0.15, 0.2) is 30.3 Å². The number of rotatable bonds is 9. The van der Waals surface area contributed by atoms with Crippen LogP contribution in [-0.2, 0) is 24.4 Å². The molecule has 0 aromatic heterocycles. The summed E-state index contributed by atoms with van der Waals surface area (Å²) in [5.74, 6) is 0. The van der Waals surface area contributed by atoms with Crippen LogP contribution in [0.25, 0.3) is 0 Å². The van der Waals surface area contributed by atoms with E-state index in [-0.39, 0.29) is 6.29 Å². The molecule has 0 aliphatic rings. The Balaban J connectivity index is 2.44. The Labute approximate surface area is 111 Å². The molecule has 0 N–H and O–H groups in total. The second-order valence-electron chi connectivity index (χ2n) is 3.68. The maximum Gasteiger partial charge on any atom is 0.389 e. The Morgan fingerprint density at radius 2 is 1.72 bits per heavy atom. The first-order valence-corrected chi connectivity index (χ1v) is 7.53. The molecular formula is C13H21O4Si. The molecule has 0 saturated heterocycles. The molecule has 0 fully saturated rings. The molecule has 101 valence electrons. The summed E-state index contributed by atoms with van der Waals surface area (Å²) in [6, 6.07) is 11.0. The Hall–Kier alpha value is -0.723. The summed E-state index contributed by atoms with van der Waals surface area (Å²) < 4.78 is 21.6. The molecule has 4 nitrogen and oxygen atoms in total. The van der Waals surface area contributed by atoms with E-state index >= 15 is 0 Å². The van der Waals surface area contributed by atoms with Crippen molar-refractivity contribution in [3.8, 4) is 0 Å². The third-order valence-corrected chi connectivity index (χ3v) is 4.20. The van der Waals surface area contributed by atoms with Crippen LogP contribution >= 0.6 is 0 Å². The van der Waals surface area contributed by atoms with Crippen LogP contribution in [0.1, 0.15) is 12.5 Å². The molecule has 5 heteroatoms. The number of benzene rings is 1. The summed E-state index contributed by atoms with van der Waals surface area (Å²) in [5, 5.41) is 0. The highest BCUT2D eigenvalue weighted by Gasteiger charge is 2.18. The maximum absolute atomic E-state index is 5.76. The summed E-state index contributed by atoms with van der Waals surface area (Å²) >= 11 is 0. The number of hydrogen-bond donors (Lipinski definition) is 0. The minimum absolute atomic E-state index is 0.332. The molecule has 1 aromatic carbocycles. The van der Waals surface area contributed by atoms with Crippen LogP contribution in [0, 0.1) is 0 Å². The lowest BCUT2D eigenvalue weighted by Gasteiger charge is -2.18. The fraction of sp³-hybridized carbons (Fsp3) is 0.538. The fourth-order valence-corrected chi connectivity index (χ4v) is 2.96. The van der Waals surface area contributed by atoms with Crippen molar-refractivity contribution in [2.75, 3.05) is 27.4 Å². The van der Waals surface area contributed by atoms with E-state index in [1.165, 1.54) is 5.56 Å². The lowest BCUT2D eigenvalue weighted by molar-refractivity contribution is -0.125. The smallest absolute Gasteiger partial charge is 0.389 e. The molecular weight excluding hydrogens is 248 g/mol. The molecule has 0 heterocycles. The van der Waals surface area contributed by atoms with Gasteiger partial charge in [0.05, 0.1) is 6.61 Å². The van der Waals surface area contributed by atoms with Crippen molar-refractivity contribution >= 4 is 9.28 Å². The molecule has 0 amide bonds. The zero-order valence-corrected chi connectivity index (χ0v) is 12.2. The molecule has 18 heavy (non-hydrogen) atoms. The Bertz CT molecular complexity index is 303. The topological polar surface area (TPSA) is 36.9 Å². The molecule has 0 unspecified atom stereocenters. The van der Waals surface area contributed by atoms with Crippen LogP contribution in [0.4, 0.5) is 0 Å². The van der Waals surface area contributed by atoms with E-state index in [4.69, 9.17) is 18.3 Å². The standard InChI is InChI=1S/C13H21O4Si/c1-4-16-18(17-10-13(14-2)15-3)11-12-8-6-5-7-9-12/h5-9,13H,4,10-11H2,1-3H3. The van der Waals surface area contributed by atoms with Crippen LogP contribution in [0.3, 0.4) is 0 Å². The molecule has 0 atom stereocenters. The van der Waals surface area contributed by atoms with Gasteiger partial charge >= 0.3 is 9.28 Å². The third kappa shape index (κ3) is 5.75. The molecule has 0 aliphatic heterocycles. The van der Waals surface area contributed by atoms with Gasteiger partial charge in [-0.1, -0.05) is 30.3 Å². The predicted molar refractivity (Wildman–Crippen MR) is 71.3 cm³/mol. The quantitative estimate of drug-likeness (QED) is 0.507. The molecule has 0 aliphatic carbocycles. The van der Waals surface area contributed by atoms with Gasteiger partial charge in [-0.2, -0.15) is 0 Å². The van der Waals surface area contributed by atoms with Gasteiger partial charge < -0.3 is 18.3 Å². The normalized spacial score (nSPS) is 11.4. The average molecular weight is 269 g/mol. The van der Waals surface area contributed by atoms with Gasteiger partial charge in [-0.05, 0) is 12.5 Å². The van der Waals surface area contributed by atoms with E-state index in [1.54, 1.807) is 14.2 Å². The second kappa shape index (κ2) is 9.24. The van der Waals surface area contributed by atoms with Crippen LogP contribution < -0.4 is 0 Å². The SMILES string of the molecule is CCO[Si](Cc1ccccc1)OCC(OC)OC. The van der Waals surface area contributed by atoms with Crippen LogP contribution in [0.5, 0.6) is 0 Å².